The quantitative estimate of drug-likeness (QED) is 0.745. The SMILES string of the molecule is COCCN(CC(=O)O)C(=O)C(N)c1cccs1. The Hall–Kier alpha value is -1.44. The Morgan fingerprint density at radius 3 is 2.83 bits per heavy atom. The summed E-state index contributed by atoms with van der Waals surface area (Å²) in [6.45, 7) is 0.109. The van der Waals surface area contributed by atoms with Gasteiger partial charge in [0.25, 0.3) is 0 Å². The molecule has 100 valence electrons. The van der Waals surface area contributed by atoms with Gasteiger partial charge in [0.1, 0.15) is 12.6 Å². The van der Waals surface area contributed by atoms with E-state index in [0.717, 1.165) is 0 Å². The van der Waals surface area contributed by atoms with Crippen molar-refractivity contribution in [2.75, 3.05) is 26.8 Å². The van der Waals surface area contributed by atoms with Gasteiger partial charge in [-0.2, -0.15) is 0 Å². The minimum absolute atomic E-state index is 0.209. The summed E-state index contributed by atoms with van der Waals surface area (Å²) >= 11 is 1.37. The Morgan fingerprint density at radius 2 is 2.33 bits per heavy atom. The maximum Gasteiger partial charge on any atom is 0.323 e. The highest BCUT2D eigenvalue weighted by Crippen LogP contribution is 2.18. The number of carbonyl (C=O) groups is 2. The lowest BCUT2D eigenvalue weighted by atomic mass is 10.2. The zero-order valence-electron chi connectivity index (χ0n) is 10.0. The van der Waals surface area contributed by atoms with Gasteiger partial charge in [-0.25, -0.2) is 0 Å². The number of aliphatic carboxylic acids is 1. The molecule has 0 radical (unpaired) electrons. The van der Waals surface area contributed by atoms with Gasteiger partial charge in [-0.15, -0.1) is 11.3 Å². The van der Waals surface area contributed by atoms with Crippen molar-refractivity contribution in [3.63, 3.8) is 0 Å². The number of hydrogen-bond donors (Lipinski definition) is 2. The third-order valence-corrected chi connectivity index (χ3v) is 3.27. The molecule has 1 unspecified atom stereocenters. The highest BCUT2D eigenvalue weighted by molar-refractivity contribution is 7.10. The van der Waals surface area contributed by atoms with Crippen LogP contribution in [0.1, 0.15) is 10.9 Å². The van der Waals surface area contributed by atoms with E-state index in [0.29, 0.717) is 4.88 Å². The number of ether oxygens (including phenoxy) is 1. The first kappa shape index (κ1) is 14.6. The number of rotatable bonds is 7. The standard InChI is InChI=1S/C11H16N2O4S/c1-17-5-4-13(7-9(14)15)11(16)10(12)8-3-2-6-18-8/h2-3,6,10H,4-5,7,12H2,1H3,(H,14,15). The van der Waals surface area contributed by atoms with Gasteiger partial charge in [-0.05, 0) is 11.4 Å². The number of methoxy groups -OCH3 is 1. The molecule has 1 atom stereocenters. The van der Waals surface area contributed by atoms with Crippen LogP contribution < -0.4 is 5.73 Å². The fourth-order valence-electron chi connectivity index (χ4n) is 1.42. The number of hydrogen-bond acceptors (Lipinski definition) is 5. The molecule has 0 bridgehead atoms. The van der Waals surface area contributed by atoms with Crippen LogP contribution in [-0.2, 0) is 14.3 Å². The molecule has 0 spiro atoms. The van der Waals surface area contributed by atoms with Gasteiger partial charge in [0.05, 0.1) is 6.61 Å². The van der Waals surface area contributed by atoms with Crippen molar-refractivity contribution in [1.29, 1.82) is 0 Å². The van der Waals surface area contributed by atoms with E-state index in [1.54, 1.807) is 12.1 Å². The van der Waals surface area contributed by atoms with Crippen LogP contribution in [0.4, 0.5) is 0 Å². The maximum atomic E-state index is 12.1. The van der Waals surface area contributed by atoms with E-state index in [1.807, 2.05) is 5.38 Å². The summed E-state index contributed by atoms with van der Waals surface area (Å²) in [5.41, 5.74) is 5.82. The fourth-order valence-corrected chi connectivity index (χ4v) is 2.14. The number of nitrogens with zero attached hydrogens (tertiary/aromatic N) is 1. The smallest absolute Gasteiger partial charge is 0.323 e. The minimum atomic E-state index is -1.07. The molecule has 18 heavy (non-hydrogen) atoms. The summed E-state index contributed by atoms with van der Waals surface area (Å²) in [6, 6.07) is 2.73. The fraction of sp³-hybridized carbons (Fsp3) is 0.455. The van der Waals surface area contributed by atoms with Crippen LogP contribution in [0.3, 0.4) is 0 Å². The number of carboxylic acids is 1. The summed E-state index contributed by atoms with van der Waals surface area (Å²) in [6.07, 6.45) is 0. The Balaban J connectivity index is 2.71. The number of nitrogens with two attached hydrogens (primary N) is 1. The van der Waals surface area contributed by atoms with Crippen LogP contribution in [0.2, 0.25) is 0 Å². The van der Waals surface area contributed by atoms with Gasteiger partial charge in [0, 0.05) is 18.5 Å². The van der Waals surface area contributed by atoms with E-state index in [2.05, 4.69) is 0 Å². The maximum absolute atomic E-state index is 12.1. The molecule has 0 aliphatic carbocycles. The molecule has 1 amide bonds. The van der Waals surface area contributed by atoms with Gasteiger partial charge in [-0.3, -0.25) is 9.59 Å². The van der Waals surface area contributed by atoms with Crippen LogP contribution in [0, 0.1) is 0 Å². The topological polar surface area (TPSA) is 92.9 Å². The first-order valence-electron chi connectivity index (χ1n) is 5.34. The average molecular weight is 272 g/mol. The number of amides is 1. The zero-order valence-corrected chi connectivity index (χ0v) is 10.9. The Labute approximate surface area is 109 Å². The second kappa shape index (κ2) is 7.10. The van der Waals surface area contributed by atoms with Crippen LogP contribution in [-0.4, -0.2) is 48.7 Å². The predicted molar refractivity (Wildman–Crippen MR) is 67.3 cm³/mol. The molecular weight excluding hydrogens is 256 g/mol. The van der Waals surface area contributed by atoms with Gasteiger partial charge >= 0.3 is 5.97 Å². The number of carboxylic acid groups (broad SMARTS) is 1. The van der Waals surface area contributed by atoms with Crippen LogP contribution in [0.25, 0.3) is 0 Å². The van der Waals surface area contributed by atoms with Crippen LogP contribution in [0.15, 0.2) is 17.5 Å². The van der Waals surface area contributed by atoms with Crippen LogP contribution >= 0.6 is 11.3 Å². The largest absolute Gasteiger partial charge is 0.480 e. The molecule has 0 aliphatic rings. The van der Waals surface area contributed by atoms with Crippen molar-refractivity contribution in [2.45, 2.75) is 6.04 Å². The van der Waals surface area contributed by atoms with Crippen molar-refractivity contribution in [1.82, 2.24) is 4.90 Å². The average Bonchev–Trinajstić information content (AvgIpc) is 2.85. The van der Waals surface area contributed by atoms with E-state index in [-0.39, 0.29) is 19.7 Å². The van der Waals surface area contributed by atoms with Gasteiger partial charge < -0.3 is 20.5 Å². The first-order valence-corrected chi connectivity index (χ1v) is 6.22. The van der Waals surface area contributed by atoms with E-state index >= 15 is 0 Å². The zero-order chi connectivity index (χ0) is 13.5. The molecule has 7 heteroatoms. The molecular formula is C11H16N2O4S. The summed E-state index contributed by atoms with van der Waals surface area (Å²) < 4.78 is 4.85. The lowest BCUT2D eigenvalue weighted by molar-refractivity contribution is -0.145. The molecule has 0 saturated carbocycles. The lowest BCUT2D eigenvalue weighted by Gasteiger charge is -2.23. The highest BCUT2D eigenvalue weighted by atomic mass is 32.1. The summed E-state index contributed by atoms with van der Waals surface area (Å²) in [7, 11) is 1.49. The normalized spacial score (nSPS) is 12.1. The van der Waals surface area contributed by atoms with Gasteiger partial charge in [-0.1, -0.05) is 6.07 Å². The second-order valence-corrected chi connectivity index (χ2v) is 4.62. The van der Waals surface area contributed by atoms with E-state index in [9.17, 15) is 9.59 Å². The van der Waals surface area contributed by atoms with Gasteiger partial charge in [0.15, 0.2) is 0 Å². The van der Waals surface area contributed by atoms with Crippen LogP contribution in [0.5, 0.6) is 0 Å². The molecule has 1 aromatic heterocycles. The van der Waals surface area contributed by atoms with Crippen molar-refractivity contribution in [2.24, 2.45) is 5.73 Å². The molecule has 1 aromatic rings. The lowest BCUT2D eigenvalue weighted by Crippen LogP contribution is -2.42. The first-order chi connectivity index (χ1) is 8.56. The van der Waals surface area contributed by atoms with Crippen molar-refractivity contribution >= 4 is 23.2 Å². The summed E-state index contributed by atoms with van der Waals surface area (Å²) in [5.74, 6) is -1.48. The minimum Gasteiger partial charge on any atom is -0.480 e. The summed E-state index contributed by atoms with van der Waals surface area (Å²) in [4.78, 5) is 24.7. The molecule has 1 rings (SSSR count). The molecule has 0 aliphatic heterocycles. The molecule has 6 nitrogen and oxygen atoms in total. The van der Waals surface area contributed by atoms with E-state index < -0.39 is 17.9 Å². The third-order valence-electron chi connectivity index (χ3n) is 2.32. The van der Waals surface area contributed by atoms with Crippen molar-refractivity contribution < 1.29 is 19.4 Å². The molecule has 3 N–H and O–H groups in total. The second-order valence-electron chi connectivity index (χ2n) is 3.64. The van der Waals surface area contributed by atoms with Gasteiger partial charge in [0.2, 0.25) is 5.91 Å². The molecule has 0 fully saturated rings. The highest BCUT2D eigenvalue weighted by Gasteiger charge is 2.24. The predicted octanol–water partition coefficient (Wildman–Crippen LogP) is 0.308. The summed E-state index contributed by atoms with van der Waals surface area (Å²) in [5, 5.41) is 10.6. The molecule has 0 aromatic carbocycles. The molecule has 0 saturated heterocycles. The van der Waals surface area contributed by atoms with E-state index in [4.69, 9.17) is 15.6 Å². The Kier molecular flexibility index (Phi) is 5.76. The third kappa shape index (κ3) is 4.10. The number of carbonyl (C=O) groups excluding carboxylic acids is 1. The van der Waals surface area contributed by atoms with Crippen molar-refractivity contribution in [3.8, 4) is 0 Å². The van der Waals surface area contributed by atoms with E-state index in [1.165, 1.54) is 23.3 Å². The number of thiophene rings is 1. The van der Waals surface area contributed by atoms with Crippen molar-refractivity contribution in [3.05, 3.63) is 22.4 Å². The Bertz CT molecular complexity index is 394. The Morgan fingerprint density at radius 1 is 1.61 bits per heavy atom. The monoisotopic (exact) mass is 272 g/mol. The molecule has 1 heterocycles.